The fourth-order valence-corrected chi connectivity index (χ4v) is 2.71. The van der Waals surface area contributed by atoms with E-state index in [2.05, 4.69) is 20.6 Å². The Balaban J connectivity index is 2.16. The molecule has 0 unspecified atom stereocenters. The molecule has 0 bridgehead atoms. The first-order valence-electron chi connectivity index (χ1n) is 4.19. The highest BCUT2D eigenvalue weighted by Gasteiger charge is 2.04. The number of hydrazine groups is 1. The van der Waals surface area contributed by atoms with Crippen LogP contribution in [0.2, 0.25) is 0 Å². The minimum Gasteiger partial charge on any atom is -0.308 e. The van der Waals surface area contributed by atoms with E-state index >= 15 is 0 Å². The largest absolute Gasteiger partial charge is 0.308 e. The lowest BCUT2D eigenvalue weighted by Gasteiger charge is -2.00. The topological polar surface area (TPSA) is 76.7 Å². The summed E-state index contributed by atoms with van der Waals surface area (Å²) >= 11 is 3.02. The van der Waals surface area contributed by atoms with Gasteiger partial charge in [-0.15, -0.1) is 10.2 Å². The standard InChI is InChI=1S/C8H9N5S2/c1-5-12-13-8(14-5)15-7-4-2-3-6(10-7)11-9/h2-4H,9H2,1H3,(H,10,11). The van der Waals surface area contributed by atoms with Crippen LogP contribution < -0.4 is 11.3 Å². The van der Waals surface area contributed by atoms with Crippen LogP contribution in [-0.4, -0.2) is 15.2 Å². The number of aryl methyl sites for hydroxylation is 1. The molecule has 15 heavy (non-hydrogen) atoms. The maximum absolute atomic E-state index is 5.27. The van der Waals surface area contributed by atoms with Gasteiger partial charge in [-0.1, -0.05) is 17.4 Å². The zero-order chi connectivity index (χ0) is 10.7. The molecule has 78 valence electrons. The highest BCUT2D eigenvalue weighted by molar-refractivity contribution is 8.01. The third-order valence-electron chi connectivity index (χ3n) is 1.57. The molecule has 3 N–H and O–H groups in total. The molecule has 0 fully saturated rings. The van der Waals surface area contributed by atoms with Crippen molar-refractivity contribution in [1.29, 1.82) is 0 Å². The zero-order valence-electron chi connectivity index (χ0n) is 7.97. The summed E-state index contributed by atoms with van der Waals surface area (Å²) in [5, 5.41) is 9.74. The fourth-order valence-electron chi connectivity index (χ4n) is 0.961. The number of aromatic nitrogens is 3. The number of nitrogens with one attached hydrogen (secondary N) is 1. The lowest BCUT2D eigenvalue weighted by molar-refractivity contribution is 0.980. The summed E-state index contributed by atoms with van der Waals surface area (Å²) in [6.45, 7) is 1.92. The van der Waals surface area contributed by atoms with Crippen LogP contribution in [0.5, 0.6) is 0 Å². The van der Waals surface area contributed by atoms with E-state index in [9.17, 15) is 0 Å². The van der Waals surface area contributed by atoms with Crippen LogP contribution in [-0.2, 0) is 0 Å². The molecule has 0 saturated heterocycles. The quantitative estimate of drug-likeness (QED) is 0.627. The number of hydrogen-bond acceptors (Lipinski definition) is 7. The van der Waals surface area contributed by atoms with Gasteiger partial charge in [-0.05, 0) is 30.8 Å². The molecule has 0 saturated carbocycles. The highest BCUT2D eigenvalue weighted by atomic mass is 32.2. The van der Waals surface area contributed by atoms with Crippen LogP contribution in [0.3, 0.4) is 0 Å². The van der Waals surface area contributed by atoms with E-state index in [4.69, 9.17) is 5.84 Å². The Kier molecular flexibility index (Phi) is 3.14. The number of nitrogen functional groups attached to an aromatic ring is 1. The monoisotopic (exact) mass is 239 g/mol. The molecule has 0 aliphatic heterocycles. The summed E-state index contributed by atoms with van der Waals surface area (Å²) in [5.74, 6) is 5.91. The van der Waals surface area contributed by atoms with E-state index in [1.165, 1.54) is 11.8 Å². The zero-order valence-corrected chi connectivity index (χ0v) is 9.60. The van der Waals surface area contributed by atoms with E-state index in [-0.39, 0.29) is 0 Å². The van der Waals surface area contributed by atoms with Gasteiger partial charge < -0.3 is 5.43 Å². The van der Waals surface area contributed by atoms with Crippen LogP contribution in [0.15, 0.2) is 27.6 Å². The Morgan fingerprint density at radius 2 is 2.27 bits per heavy atom. The SMILES string of the molecule is Cc1nnc(Sc2cccc(NN)n2)s1. The minimum absolute atomic E-state index is 0.640. The van der Waals surface area contributed by atoms with Crippen molar-refractivity contribution in [2.24, 2.45) is 5.84 Å². The average molecular weight is 239 g/mol. The predicted molar refractivity (Wildman–Crippen MR) is 60.8 cm³/mol. The fraction of sp³-hybridized carbons (Fsp3) is 0.125. The third kappa shape index (κ3) is 2.65. The van der Waals surface area contributed by atoms with Crippen molar-refractivity contribution in [2.75, 3.05) is 5.43 Å². The molecule has 2 aromatic heterocycles. The Morgan fingerprint density at radius 3 is 2.93 bits per heavy atom. The maximum Gasteiger partial charge on any atom is 0.180 e. The van der Waals surface area contributed by atoms with Gasteiger partial charge in [0, 0.05) is 0 Å². The van der Waals surface area contributed by atoms with E-state index < -0.39 is 0 Å². The summed E-state index contributed by atoms with van der Waals surface area (Å²) in [5.41, 5.74) is 2.50. The number of rotatable bonds is 3. The summed E-state index contributed by atoms with van der Waals surface area (Å²) in [6.07, 6.45) is 0. The summed E-state index contributed by atoms with van der Waals surface area (Å²) in [4.78, 5) is 4.26. The summed E-state index contributed by atoms with van der Waals surface area (Å²) < 4.78 is 0.883. The Morgan fingerprint density at radius 1 is 1.40 bits per heavy atom. The van der Waals surface area contributed by atoms with Gasteiger partial charge in [0.25, 0.3) is 0 Å². The first-order chi connectivity index (χ1) is 7.28. The molecule has 2 heterocycles. The molecule has 0 spiro atoms. The number of anilines is 1. The van der Waals surface area contributed by atoms with Gasteiger partial charge in [-0.3, -0.25) is 0 Å². The van der Waals surface area contributed by atoms with Gasteiger partial charge in [0.15, 0.2) is 4.34 Å². The van der Waals surface area contributed by atoms with E-state index in [1.807, 2.05) is 19.1 Å². The van der Waals surface area contributed by atoms with Crippen molar-refractivity contribution in [3.05, 3.63) is 23.2 Å². The van der Waals surface area contributed by atoms with Crippen molar-refractivity contribution < 1.29 is 0 Å². The average Bonchev–Trinajstić information content (AvgIpc) is 2.64. The molecule has 0 aliphatic carbocycles. The smallest absolute Gasteiger partial charge is 0.180 e. The van der Waals surface area contributed by atoms with Gasteiger partial charge in [-0.25, -0.2) is 10.8 Å². The second-order valence-electron chi connectivity index (χ2n) is 2.69. The number of nitrogens with two attached hydrogens (primary N) is 1. The Labute approximate surface area is 95.1 Å². The normalized spacial score (nSPS) is 10.3. The van der Waals surface area contributed by atoms with Gasteiger partial charge in [0.2, 0.25) is 0 Å². The van der Waals surface area contributed by atoms with Gasteiger partial charge in [0.05, 0.1) is 0 Å². The molecule has 0 atom stereocenters. The van der Waals surface area contributed by atoms with E-state index in [0.29, 0.717) is 5.82 Å². The summed E-state index contributed by atoms with van der Waals surface area (Å²) in [7, 11) is 0. The third-order valence-corrected chi connectivity index (χ3v) is 3.40. The van der Waals surface area contributed by atoms with Gasteiger partial charge in [0.1, 0.15) is 15.9 Å². The minimum atomic E-state index is 0.640. The number of hydrogen-bond donors (Lipinski definition) is 2. The van der Waals surface area contributed by atoms with Crippen LogP contribution in [0.4, 0.5) is 5.82 Å². The van der Waals surface area contributed by atoms with Crippen LogP contribution in [0.1, 0.15) is 5.01 Å². The van der Waals surface area contributed by atoms with Crippen molar-refractivity contribution in [3.63, 3.8) is 0 Å². The lowest BCUT2D eigenvalue weighted by Crippen LogP contribution is -2.08. The molecule has 0 aliphatic rings. The second kappa shape index (κ2) is 4.56. The number of nitrogens with zero attached hydrogens (tertiary/aromatic N) is 3. The Bertz CT molecular complexity index is 456. The molecule has 7 heteroatoms. The maximum atomic E-state index is 5.27. The first kappa shape index (κ1) is 10.3. The Hall–Kier alpha value is -1.18. The molecule has 0 radical (unpaired) electrons. The molecular formula is C8H9N5S2. The predicted octanol–water partition coefficient (Wildman–Crippen LogP) is 1.68. The molecule has 5 nitrogen and oxygen atoms in total. The first-order valence-corrected chi connectivity index (χ1v) is 5.83. The van der Waals surface area contributed by atoms with Gasteiger partial charge >= 0.3 is 0 Å². The van der Waals surface area contributed by atoms with E-state index in [1.54, 1.807) is 17.4 Å². The molecule has 2 aromatic rings. The highest BCUT2D eigenvalue weighted by Crippen LogP contribution is 2.28. The molecule has 2 rings (SSSR count). The van der Waals surface area contributed by atoms with Crippen LogP contribution in [0, 0.1) is 6.92 Å². The van der Waals surface area contributed by atoms with Crippen molar-refractivity contribution >= 4 is 28.9 Å². The second-order valence-corrected chi connectivity index (χ2v) is 5.14. The van der Waals surface area contributed by atoms with Crippen LogP contribution in [0.25, 0.3) is 0 Å². The van der Waals surface area contributed by atoms with Crippen molar-refractivity contribution in [2.45, 2.75) is 16.3 Å². The van der Waals surface area contributed by atoms with Crippen molar-refractivity contribution in [1.82, 2.24) is 15.2 Å². The molecular weight excluding hydrogens is 230 g/mol. The van der Waals surface area contributed by atoms with E-state index in [0.717, 1.165) is 14.4 Å². The molecule has 0 aromatic carbocycles. The van der Waals surface area contributed by atoms with Gasteiger partial charge in [-0.2, -0.15) is 0 Å². The van der Waals surface area contributed by atoms with Crippen LogP contribution >= 0.6 is 23.1 Å². The lowest BCUT2D eigenvalue weighted by atomic mass is 10.5. The summed E-state index contributed by atoms with van der Waals surface area (Å²) in [6, 6.07) is 5.59. The van der Waals surface area contributed by atoms with Crippen molar-refractivity contribution in [3.8, 4) is 0 Å². The molecule has 0 amide bonds. The number of pyridine rings is 1.